The SMILES string of the molecule is CN1CCN(C(=O)c2cc(Cl)cc(C(F)(F)F)c2)C(C#N)C1. The van der Waals surface area contributed by atoms with Crippen LogP contribution in [0.3, 0.4) is 0 Å². The second kappa shape index (κ2) is 6.15. The first-order chi connectivity index (χ1) is 10.2. The number of amides is 1. The Bertz CT molecular complexity index is 627. The molecule has 22 heavy (non-hydrogen) atoms. The van der Waals surface area contributed by atoms with Gasteiger partial charge < -0.3 is 9.80 Å². The second-order valence-electron chi connectivity index (χ2n) is 5.13. The molecule has 1 fully saturated rings. The fraction of sp³-hybridized carbons (Fsp3) is 0.429. The van der Waals surface area contributed by atoms with Gasteiger partial charge >= 0.3 is 6.18 Å². The van der Waals surface area contributed by atoms with E-state index in [2.05, 4.69) is 0 Å². The third-order valence-corrected chi connectivity index (χ3v) is 3.68. The van der Waals surface area contributed by atoms with Crippen LogP contribution >= 0.6 is 11.6 Å². The highest BCUT2D eigenvalue weighted by Gasteiger charge is 2.34. The lowest BCUT2D eigenvalue weighted by atomic mass is 10.1. The van der Waals surface area contributed by atoms with E-state index in [0.717, 1.165) is 12.1 Å². The van der Waals surface area contributed by atoms with Gasteiger partial charge in [0.05, 0.1) is 11.6 Å². The van der Waals surface area contributed by atoms with Gasteiger partial charge in [-0.05, 0) is 25.2 Å². The molecule has 118 valence electrons. The van der Waals surface area contributed by atoms with E-state index in [1.807, 2.05) is 18.0 Å². The first-order valence-corrected chi connectivity index (χ1v) is 6.87. The highest BCUT2D eigenvalue weighted by atomic mass is 35.5. The summed E-state index contributed by atoms with van der Waals surface area (Å²) in [7, 11) is 1.81. The fourth-order valence-electron chi connectivity index (χ4n) is 2.32. The molecule has 1 aliphatic rings. The van der Waals surface area contributed by atoms with E-state index in [1.54, 1.807) is 0 Å². The summed E-state index contributed by atoms with van der Waals surface area (Å²) in [5, 5.41) is 8.97. The lowest BCUT2D eigenvalue weighted by molar-refractivity contribution is -0.137. The van der Waals surface area contributed by atoms with Gasteiger partial charge in [-0.25, -0.2) is 0 Å². The van der Waals surface area contributed by atoms with Crippen molar-refractivity contribution in [1.82, 2.24) is 9.80 Å². The van der Waals surface area contributed by atoms with Crippen molar-refractivity contribution >= 4 is 17.5 Å². The first-order valence-electron chi connectivity index (χ1n) is 6.49. The normalized spacial score (nSPS) is 19.8. The maximum absolute atomic E-state index is 12.8. The van der Waals surface area contributed by atoms with Crippen molar-refractivity contribution in [1.29, 1.82) is 5.26 Å². The molecule has 1 unspecified atom stereocenters. The number of rotatable bonds is 1. The Kier molecular flexibility index (Phi) is 4.63. The lowest BCUT2D eigenvalue weighted by Gasteiger charge is -2.36. The van der Waals surface area contributed by atoms with Gasteiger partial charge in [-0.3, -0.25) is 4.79 Å². The largest absolute Gasteiger partial charge is 0.416 e. The van der Waals surface area contributed by atoms with Gasteiger partial charge in [-0.1, -0.05) is 11.6 Å². The van der Waals surface area contributed by atoms with Crippen LogP contribution in [-0.4, -0.2) is 48.4 Å². The monoisotopic (exact) mass is 331 g/mol. The molecule has 0 bridgehead atoms. The molecule has 4 nitrogen and oxygen atoms in total. The molecule has 1 atom stereocenters. The summed E-state index contributed by atoms with van der Waals surface area (Å²) in [5.74, 6) is -0.618. The fourth-order valence-corrected chi connectivity index (χ4v) is 2.55. The van der Waals surface area contributed by atoms with E-state index >= 15 is 0 Å². The summed E-state index contributed by atoms with van der Waals surface area (Å²) in [6.07, 6.45) is -4.59. The average molecular weight is 332 g/mol. The van der Waals surface area contributed by atoms with Crippen molar-refractivity contribution in [2.45, 2.75) is 12.2 Å². The lowest BCUT2D eigenvalue weighted by Crippen LogP contribution is -2.53. The van der Waals surface area contributed by atoms with Crippen molar-refractivity contribution in [3.05, 3.63) is 34.3 Å². The zero-order chi connectivity index (χ0) is 16.5. The van der Waals surface area contributed by atoms with Gasteiger partial charge in [0.2, 0.25) is 0 Å². The maximum atomic E-state index is 12.8. The van der Waals surface area contributed by atoms with Crippen molar-refractivity contribution < 1.29 is 18.0 Å². The van der Waals surface area contributed by atoms with Crippen molar-refractivity contribution in [2.75, 3.05) is 26.7 Å². The summed E-state index contributed by atoms with van der Waals surface area (Å²) in [4.78, 5) is 15.6. The third-order valence-electron chi connectivity index (χ3n) is 3.47. The van der Waals surface area contributed by atoms with E-state index in [0.29, 0.717) is 13.1 Å². The summed E-state index contributed by atoms with van der Waals surface area (Å²) >= 11 is 5.69. The first kappa shape index (κ1) is 16.6. The molecule has 8 heteroatoms. The highest BCUT2D eigenvalue weighted by molar-refractivity contribution is 6.31. The van der Waals surface area contributed by atoms with Crippen molar-refractivity contribution in [2.24, 2.45) is 0 Å². The van der Waals surface area contributed by atoms with E-state index in [1.165, 1.54) is 11.0 Å². The van der Waals surface area contributed by atoms with E-state index in [9.17, 15) is 18.0 Å². The minimum Gasteiger partial charge on any atom is -0.320 e. The minimum absolute atomic E-state index is 0.162. The van der Waals surface area contributed by atoms with Crippen LogP contribution in [0.15, 0.2) is 18.2 Å². The topological polar surface area (TPSA) is 47.3 Å². The number of nitriles is 1. The number of nitrogens with zero attached hydrogens (tertiary/aromatic N) is 3. The van der Waals surface area contributed by atoms with Gasteiger partial charge in [0.25, 0.3) is 5.91 Å². The molecule has 0 aromatic heterocycles. The Hall–Kier alpha value is -1.78. The van der Waals surface area contributed by atoms with Crippen LogP contribution in [0.2, 0.25) is 5.02 Å². The molecule has 0 spiro atoms. The standard InChI is InChI=1S/C14H13ClF3N3O/c1-20-2-3-21(12(7-19)8-20)13(22)9-4-10(14(16,17)18)6-11(15)5-9/h4-6,12H,2-3,8H2,1H3. The number of carbonyl (C=O) groups is 1. The molecular weight excluding hydrogens is 319 g/mol. The average Bonchev–Trinajstić information content (AvgIpc) is 2.44. The summed E-state index contributed by atoms with van der Waals surface area (Å²) in [6.45, 7) is 1.19. The molecule has 1 aromatic carbocycles. The van der Waals surface area contributed by atoms with Gasteiger partial charge in [-0.2, -0.15) is 18.4 Å². The third kappa shape index (κ3) is 3.51. The van der Waals surface area contributed by atoms with Crippen LogP contribution < -0.4 is 0 Å². The molecule has 1 aliphatic heterocycles. The van der Waals surface area contributed by atoms with Crippen LogP contribution in [0.5, 0.6) is 0 Å². The number of carbonyl (C=O) groups excluding carboxylic acids is 1. The van der Waals surface area contributed by atoms with E-state index < -0.39 is 23.7 Å². The molecule has 0 saturated carbocycles. The van der Waals surface area contributed by atoms with Crippen molar-refractivity contribution in [3.8, 4) is 6.07 Å². The molecule has 2 rings (SSSR count). The number of likely N-dealkylation sites (N-methyl/N-ethyl adjacent to an activating group) is 1. The van der Waals surface area contributed by atoms with Crippen LogP contribution in [-0.2, 0) is 6.18 Å². The zero-order valence-electron chi connectivity index (χ0n) is 11.7. The number of benzene rings is 1. The molecule has 0 radical (unpaired) electrons. The van der Waals surface area contributed by atoms with Crippen LogP contribution in [0.1, 0.15) is 15.9 Å². The smallest absolute Gasteiger partial charge is 0.320 e. The zero-order valence-corrected chi connectivity index (χ0v) is 12.4. The van der Waals surface area contributed by atoms with Gasteiger partial charge in [-0.15, -0.1) is 0 Å². The molecule has 0 N–H and O–H groups in total. The molecule has 1 saturated heterocycles. The van der Waals surface area contributed by atoms with Crippen LogP contribution in [0.25, 0.3) is 0 Å². The summed E-state index contributed by atoms with van der Waals surface area (Å²) in [5.41, 5.74) is -1.14. The summed E-state index contributed by atoms with van der Waals surface area (Å²) < 4.78 is 38.4. The predicted octanol–water partition coefficient (Wildman–Crippen LogP) is 2.64. The number of alkyl halides is 3. The minimum atomic E-state index is -4.59. The molecule has 1 heterocycles. The number of hydrogen-bond donors (Lipinski definition) is 0. The molecular formula is C14H13ClF3N3O. The van der Waals surface area contributed by atoms with E-state index in [-0.39, 0.29) is 17.1 Å². The van der Waals surface area contributed by atoms with Gasteiger partial charge in [0.15, 0.2) is 0 Å². The van der Waals surface area contributed by atoms with Crippen molar-refractivity contribution in [3.63, 3.8) is 0 Å². The predicted molar refractivity (Wildman–Crippen MR) is 74.4 cm³/mol. The maximum Gasteiger partial charge on any atom is 0.416 e. The van der Waals surface area contributed by atoms with Crippen LogP contribution in [0, 0.1) is 11.3 Å². The highest BCUT2D eigenvalue weighted by Crippen LogP contribution is 2.32. The quantitative estimate of drug-likeness (QED) is 0.795. The Morgan fingerprint density at radius 2 is 2.05 bits per heavy atom. The summed E-state index contributed by atoms with van der Waals surface area (Å²) in [6, 6.07) is 4.03. The number of piperazine rings is 1. The molecule has 1 amide bonds. The number of hydrogen-bond acceptors (Lipinski definition) is 3. The Labute approximate surface area is 130 Å². The second-order valence-corrected chi connectivity index (χ2v) is 5.57. The van der Waals surface area contributed by atoms with Gasteiger partial charge in [0, 0.05) is 30.2 Å². The Morgan fingerprint density at radius 1 is 1.36 bits per heavy atom. The van der Waals surface area contributed by atoms with E-state index in [4.69, 9.17) is 16.9 Å². The Morgan fingerprint density at radius 3 is 2.64 bits per heavy atom. The Balaban J connectivity index is 2.33. The molecule has 0 aliphatic carbocycles. The molecule has 1 aromatic rings. The van der Waals surface area contributed by atoms with Crippen LogP contribution in [0.4, 0.5) is 13.2 Å². The number of halogens is 4. The van der Waals surface area contributed by atoms with Gasteiger partial charge in [0.1, 0.15) is 6.04 Å².